The number of hydrogen-bond acceptors (Lipinski definition) is 7. The molecule has 25 heavy (non-hydrogen) atoms. The molecule has 5 unspecified atom stereocenters. The van der Waals surface area contributed by atoms with Crippen LogP contribution in [0.1, 0.15) is 46.5 Å². The first-order valence-corrected chi connectivity index (χ1v) is 8.98. The molecule has 1 spiro atoms. The highest BCUT2D eigenvalue weighted by molar-refractivity contribution is 5.86. The van der Waals surface area contributed by atoms with Gasteiger partial charge in [-0.05, 0) is 33.6 Å². The molecule has 0 bridgehead atoms. The molecule has 7 heteroatoms. The van der Waals surface area contributed by atoms with Crippen LogP contribution in [0.25, 0.3) is 0 Å². The van der Waals surface area contributed by atoms with Crippen LogP contribution < -0.4 is 0 Å². The van der Waals surface area contributed by atoms with E-state index in [0.29, 0.717) is 5.57 Å². The Labute approximate surface area is 147 Å². The Kier molecular flexibility index (Phi) is 4.20. The summed E-state index contributed by atoms with van der Waals surface area (Å²) in [4.78, 5) is 11.8. The van der Waals surface area contributed by atoms with Gasteiger partial charge in [-0.25, -0.2) is 4.79 Å². The van der Waals surface area contributed by atoms with Crippen LogP contribution in [-0.2, 0) is 33.2 Å². The Balaban J connectivity index is 1.53. The molecule has 0 aromatic rings. The van der Waals surface area contributed by atoms with Gasteiger partial charge in [-0.1, -0.05) is 6.58 Å². The molecule has 3 aliphatic heterocycles. The first-order valence-electron chi connectivity index (χ1n) is 8.98. The summed E-state index contributed by atoms with van der Waals surface area (Å²) in [7, 11) is 0. The highest BCUT2D eigenvalue weighted by Gasteiger charge is 2.63. The number of fused-ring (bicyclic) bond motifs is 3. The maximum atomic E-state index is 11.8. The van der Waals surface area contributed by atoms with Crippen LogP contribution in [0.5, 0.6) is 0 Å². The van der Waals surface area contributed by atoms with Crippen molar-refractivity contribution >= 4 is 5.97 Å². The molecule has 5 atom stereocenters. The zero-order valence-electron chi connectivity index (χ0n) is 15.0. The van der Waals surface area contributed by atoms with Crippen LogP contribution in [0.4, 0.5) is 0 Å². The van der Waals surface area contributed by atoms with Crippen molar-refractivity contribution in [1.29, 1.82) is 0 Å². The molecular weight excluding hydrogens is 328 g/mol. The van der Waals surface area contributed by atoms with Crippen molar-refractivity contribution in [3.05, 3.63) is 12.2 Å². The molecule has 3 saturated heterocycles. The summed E-state index contributed by atoms with van der Waals surface area (Å²) in [5.74, 6) is -1.77. The molecular formula is C18H26O7. The summed E-state index contributed by atoms with van der Waals surface area (Å²) in [5, 5.41) is 0. The smallest absolute Gasteiger partial charge is 0.333 e. The zero-order chi connectivity index (χ0) is 17.8. The van der Waals surface area contributed by atoms with Crippen molar-refractivity contribution in [2.24, 2.45) is 0 Å². The van der Waals surface area contributed by atoms with Crippen molar-refractivity contribution in [1.82, 2.24) is 0 Å². The van der Waals surface area contributed by atoms with E-state index in [1.54, 1.807) is 6.92 Å². The predicted molar refractivity (Wildman–Crippen MR) is 85.4 cm³/mol. The summed E-state index contributed by atoms with van der Waals surface area (Å²) < 4.78 is 35.8. The van der Waals surface area contributed by atoms with Gasteiger partial charge in [-0.3, -0.25) is 0 Å². The minimum Gasteiger partial charge on any atom is -0.459 e. The fourth-order valence-corrected chi connectivity index (χ4v) is 4.10. The van der Waals surface area contributed by atoms with E-state index in [4.69, 9.17) is 28.4 Å². The van der Waals surface area contributed by atoms with Gasteiger partial charge >= 0.3 is 5.97 Å². The molecule has 0 radical (unpaired) electrons. The lowest BCUT2D eigenvalue weighted by atomic mass is 9.99. The van der Waals surface area contributed by atoms with Crippen molar-refractivity contribution in [2.45, 2.75) is 88.7 Å². The van der Waals surface area contributed by atoms with Gasteiger partial charge in [-0.2, -0.15) is 0 Å². The Morgan fingerprint density at radius 3 is 2.44 bits per heavy atom. The second-order valence-electron chi connectivity index (χ2n) is 7.80. The van der Waals surface area contributed by atoms with E-state index in [2.05, 4.69) is 6.58 Å². The minimum atomic E-state index is -0.752. The molecule has 7 nitrogen and oxygen atoms in total. The molecule has 0 N–H and O–H groups in total. The molecule has 0 aromatic heterocycles. The molecule has 1 saturated carbocycles. The van der Waals surface area contributed by atoms with Crippen LogP contribution in [0.3, 0.4) is 0 Å². The first kappa shape index (κ1) is 17.4. The van der Waals surface area contributed by atoms with Gasteiger partial charge in [0.15, 0.2) is 17.9 Å². The van der Waals surface area contributed by atoms with Crippen molar-refractivity contribution in [2.75, 3.05) is 6.61 Å². The maximum Gasteiger partial charge on any atom is 0.333 e. The summed E-state index contributed by atoms with van der Waals surface area (Å²) in [6.07, 6.45) is 1.84. The Morgan fingerprint density at radius 1 is 1.08 bits per heavy atom. The van der Waals surface area contributed by atoms with Crippen molar-refractivity contribution in [3.8, 4) is 0 Å². The second-order valence-corrected chi connectivity index (χ2v) is 7.80. The highest BCUT2D eigenvalue weighted by Crippen LogP contribution is 2.49. The molecule has 4 fully saturated rings. The van der Waals surface area contributed by atoms with Gasteiger partial charge in [0, 0.05) is 18.4 Å². The number of esters is 1. The maximum absolute atomic E-state index is 11.8. The van der Waals surface area contributed by atoms with Crippen LogP contribution in [0, 0.1) is 0 Å². The monoisotopic (exact) mass is 354 g/mol. The molecule has 3 heterocycles. The number of carbonyl (C=O) groups is 1. The molecule has 4 rings (SSSR count). The van der Waals surface area contributed by atoms with Gasteiger partial charge in [0.1, 0.15) is 31.0 Å². The predicted octanol–water partition coefficient (Wildman–Crippen LogP) is 2.04. The Bertz CT molecular complexity index is 566. The summed E-state index contributed by atoms with van der Waals surface area (Å²) in [6.45, 7) is 8.98. The van der Waals surface area contributed by atoms with E-state index < -0.39 is 29.9 Å². The molecule has 1 aliphatic carbocycles. The number of rotatable bonds is 3. The lowest BCUT2D eigenvalue weighted by molar-refractivity contribution is -0.242. The second kappa shape index (κ2) is 6.03. The molecule has 4 aliphatic rings. The van der Waals surface area contributed by atoms with Gasteiger partial charge in [-0.15, -0.1) is 0 Å². The lowest BCUT2D eigenvalue weighted by Crippen LogP contribution is -2.56. The topological polar surface area (TPSA) is 72.5 Å². The van der Waals surface area contributed by atoms with Crippen LogP contribution in [0.15, 0.2) is 12.2 Å². The van der Waals surface area contributed by atoms with E-state index in [1.807, 2.05) is 13.8 Å². The number of ether oxygens (including phenoxy) is 6. The lowest BCUT2D eigenvalue weighted by Gasteiger charge is -2.36. The van der Waals surface area contributed by atoms with Crippen LogP contribution in [-0.4, -0.2) is 54.9 Å². The standard InChI is InChI=1S/C18H26O7/c1-10(2)15(19)20-9-11-12-13(24-18(23-12)7-5-6-8-18)14-16(21-11)25-17(3,4)22-14/h11-14,16H,1,5-9H2,2-4H3. The minimum absolute atomic E-state index is 0.0688. The van der Waals surface area contributed by atoms with Gasteiger partial charge in [0.2, 0.25) is 0 Å². The quantitative estimate of drug-likeness (QED) is 0.567. The van der Waals surface area contributed by atoms with Crippen LogP contribution >= 0.6 is 0 Å². The van der Waals surface area contributed by atoms with E-state index >= 15 is 0 Å². The number of carbonyl (C=O) groups excluding carboxylic acids is 1. The average molecular weight is 354 g/mol. The third-order valence-corrected chi connectivity index (χ3v) is 5.21. The van der Waals surface area contributed by atoms with Gasteiger partial charge < -0.3 is 28.4 Å². The Morgan fingerprint density at radius 2 is 1.76 bits per heavy atom. The third-order valence-electron chi connectivity index (χ3n) is 5.21. The van der Waals surface area contributed by atoms with Gasteiger partial charge in [0.25, 0.3) is 0 Å². The van der Waals surface area contributed by atoms with E-state index in [-0.39, 0.29) is 24.9 Å². The fraction of sp³-hybridized carbons (Fsp3) is 0.833. The van der Waals surface area contributed by atoms with Crippen molar-refractivity contribution < 1.29 is 33.2 Å². The Hall–Kier alpha value is -0.990. The largest absolute Gasteiger partial charge is 0.459 e. The van der Waals surface area contributed by atoms with E-state index in [1.165, 1.54) is 0 Å². The fourth-order valence-electron chi connectivity index (χ4n) is 4.10. The third kappa shape index (κ3) is 3.13. The zero-order valence-corrected chi connectivity index (χ0v) is 15.0. The molecule has 0 aromatic carbocycles. The first-order chi connectivity index (χ1) is 11.8. The van der Waals surface area contributed by atoms with Gasteiger partial charge in [0.05, 0.1) is 0 Å². The number of hydrogen-bond donors (Lipinski definition) is 0. The summed E-state index contributed by atoms with van der Waals surface area (Å²) >= 11 is 0. The molecule has 0 amide bonds. The summed E-state index contributed by atoms with van der Waals surface area (Å²) in [5.41, 5.74) is 0.350. The molecule has 140 valence electrons. The van der Waals surface area contributed by atoms with E-state index in [9.17, 15) is 4.79 Å². The average Bonchev–Trinajstić information content (AvgIpc) is 3.21. The SMILES string of the molecule is C=C(C)C(=O)OCC1OC2OC(C)(C)OC2C2OC3(CCCC3)OC12. The highest BCUT2D eigenvalue weighted by atomic mass is 16.9. The van der Waals surface area contributed by atoms with Crippen molar-refractivity contribution in [3.63, 3.8) is 0 Å². The normalized spacial score (nSPS) is 40.7. The summed E-state index contributed by atoms with van der Waals surface area (Å²) in [6, 6.07) is 0. The van der Waals surface area contributed by atoms with Crippen LogP contribution in [0.2, 0.25) is 0 Å². The van der Waals surface area contributed by atoms with E-state index in [0.717, 1.165) is 25.7 Å².